The van der Waals surface area contributed by atoms with E-state index >= 15 is 0 Å². The van der Waals surface area contributed by atoms with Crippen LogP contribution in [0.15, 0.2) is 0 Å². The average Bonchev–Trinajstić information content (AvgIpc) is 2.37. The lowest BCUT2D eigenvalue weighted by atomic mass is 9.47. The molecule has 4 aliphatic carbocycles. The third kappa shape index (κ3) is 2.06. The van der Waals surface area contributed by atoms with Crippen molar-refractivity contribution in [1.82, 2.24) is 4.90 Å². The molecule has 5 rings (SSSR count). The zero-order valence-corrected chi connectivity index (χ0v) is 12.5. The van der Waals surface area contributed by atoms with E-state index in [0.29, 0.717) is 11.5 Å². The molecular formula is C17H30N2. The first-order chi connectivity index (χ1) is 9.14. The lowest BCUT2D eigenvalue weighted by Gasteiger charge is -2.61. The van der Waals surface area contributed by atoms with Gasteiger partial charge >= 0.3 is 0 Å². The largest absolute Gasteiger partial charge is 0.328 e. The van der Waals surface area contributed by atoms with Crippen LogP contribution in [-0.2, 0) is 0 Å². The maximum absolute atomic E-state index is 6.08. The van der Waals surface area contributed by atoms with E-state index in [1.807, 2.05) is 0 Å². The molecule has 1 heterocycles. The molecule has 2 nitrogen and oxygen atoms in total. The molecular weight excluding hydrogens is 232 g/mol. The van der Waals surface area contributed by atoms with Crippen LogP contribution in [0.2, 0.25) is 0 Å². The molecule has 1 aliphatic heterocycles. The fourth-order valence-electron chi connectivity index (χ4n) is 6.38. The lowest BCUT2D eigenvalue weighted by Crippen LogP contribution is -2.57. The van der Waals surface area contributed by atoms with E-state index in [2.05, 4.69) is 11.8 Å². The van der Waals surface area contributed by atoms with Gasteiger partial charge in [-0.3, -0.25) is 4.90 Å². The Hall–Kier alpha value is -0.0800. The van der Waals surface area contributed by atoms with E-state index in [4.69, 9.17) is 5.73 Å². The van der Waals surface area contributed by atoms with Crippen LogP contribution >= 0.6 is 0 Å². The van der Waals surface area contributed by atoms with Crippen molar-refractivity contribution in [2.24, 2.45) is 28.9 Å². The Morgan fingerprint density at radius 3 is 1.89 bits per heavy atom. The molecule has 1 atom stereocenters. The van der Waals surface area contributed by atoms with Crippen molar-refractivity contribution in [2.45, 2.75) is 70.4 Å². The quantitative estimate of drug-likeness (QED) is 0.829. The molecule has 0 radical (unpaired) electrons. The van der Waals surface area contributed by atoms with Gasteiger partial charge in [0.15, 0.2) is 0 Å². The van der Waals surface area contributed by atoms with Gasteiger partial charge in [0.2, 0.25) is 0 Å². The summed E-state index contributed by atoms with van der Waals surface area (Å²) < 4.78 is 0. The van der Waals surface area contributed by atoms with Gasteiger partial charge < -0.3 is 5.73 Å². The van der Waals surface area contributed by atoms with Crippen molar-refractivity contribution in [3.63, 3.8) is 0 Å². The van der Waals surface area contributed by atoms with Gasteiger partial charge in [-0.05, 0) is 94.5 Å². The molecule has 5 aliphatic rings. The highest BCUT2D eigenvalue weighted by molar-refractivity contribution is 5.05. The molecule has 0 aromatic carbocycles. The second-order valence-electron chi connectivity index (χ2n) is 8.33. The molecule has 0 amide bonds. The molecule has 5 fully saturated rings. The van der Waals surface area contributed by atoms with Crippen molar-refractivity contribution in [3.8, 4) is 0 Å². The summed E-state index contributed by atoms with van der Waals surface area (Å²) in [5.41, 5.74) is 6.77. The molecule has 2 heteroatoms. The summed E-state index contributed by atoms with van der Waals surface area (Å²) in [7, 11) is 0. The molecule has 1 unspecified atom stereocenters. The molecule has 108 valence electrons. The molecule has 4 saturated carbocycles. The highest BCUT2D eigenvalue weighted by atomic mass is 15.2. The lowest BCUT2D eigenvalue weighted by molar-refractivity contribution is -0.0995. The van der Waals surface area contributed by atoms with Gasteiger partial charge in [-0.2, -0.15) is 0 Å². The number of nitrogens with two attached hydrogens (primary N) is 1. The summed E-state index contributed by atoms with van der Waals surface area (Å²) in [4.78, 5) is 2.79. The topological polar surface area (TPSA) is 29.3 Å². The fourth-order valence-corrected chi connectivity index (χ4v) is 6.38. The Bertz CT molecular complexity index is 308. The van der Waals surface area contributed by atoms with Crippen LogP contribution < -0.4 is 5.73 Å². The van der Waals surface area contributed by atoms with Crippen LogP contribution in [0.1, 0.15) is 58.3 Å². The Balaban J connectivity index is 1.51. The van der Waals surface area contributed by atoms with Crippen LogP contribution in [0.3, 0.4) is 0 Å². The summed E-state index contributed by atoms with van der Waals surface area (Å²) in [6, 6.07) is 1.29. The van der Waals surface area contributed by atoms with Gasteiger partial charge in [0, 0.05) is 12.1 Å². The Labute approximate surface area is 118 Å². The zero-order chi connectivity index (χ0) is 13.0. The van der Waals surface area contributed by atoms with Crippen molar-refractivity contribution >= 4 is 0 Å². The third-order valence-corrected chi connectivity index (χ3v) is 7.09. The van der Waals surface area contributed by atoms with E-state index in [1.54, 1.807) is 38.5 Å². The molecule has 0 aromatic rings. The monoisotopic (exact) mass is 262 g/mol. The SMILES string of the molecule is CC(N1CCC(N)CC1)C12CC3CC(CC(C3)C1)C2. The second-order valence-corrected chi connectivity index (χ2v) is 8.33. The van der Waals surface area contributed by atoms with E-state index in [9.17, 15) is 0 Å². The van der Waals surface area contributed by atoms with Gasteiger partial charge in [-0.25, -0.2) is 0 Å². The minimum absolute atomic E-state index is 0.472. The summed E-state index contributed by atoms with van der Waals surface area (Å²) in [6.07, 6.45) is 11.8. The zero-order valence-electron chi connectivity index (χ0n) is 12.5. The highest BCUT2D eigenvalue weighted by Gasteiger charge is 2.54. The van der Waals surface area contributed by atoms with Crippen LogP contribution in [0.25, 0.3) is 0 Å². The van der Waals surface area contributed by atoms with Gasteiger partial charge in [0.25, 0.3) is 0 Å². The second kappa shape index (κ2) is 4.46. The van der Waals surface area contributed by atoms with Crippen molar-refractivity contribution in [2.75, 3.05) is 13.1 Å². The minimum Gasteiger partial charge on any atom is -0.328 e. The van der Waals surface area contributed by atoms with Crippen LogP contribution in [0, 0.1) is 23.2 Å². The summed E-state index contributed by atoms with van der Waals surface area (Å²) in [5.74, 6) is 3.25. The number of piperidine rings is 1. The normalized spacial score (nSPS) is 48.6. The van der Waals surface area contributed by atoms with Gasteiger partial charge in [0.1, 0.15) is 0 Å². The first kappa shape index (κ1) is 12.6. The number of rotatable bonds is 2. The molecule has 1 saturated heterocycles. The third-order valence-electron chi connectivity index (χ3n) is 7.09. The first-order valence-corrected chi connectivity index (χ1v) is 8.64. The average molecular weight is 262 g/mol. The van der Waals surface area contributed by atoms with Crippen molar-refractivity contribution < 1.29 is 0 Å². The van der Waals surface area contributed by atoms with E-state index in [0.717, 1.165) is 23.8 Å². The van der Waals surface area contributed by atoms with Crippen LogP contribution in [-0.4, -0.2) is 30.1 Å². The number of nitrogens with zero attached hydrogens (tertiary/aromatic N) is 1. The standard InChI is InChI=1S/C17H30N2/c1-12(19-4-2-16(18)3-5-19)17-9-13-6-14(10-17)8-15(7-13)11-17/h12-16H,2-11,18H2,1H3. The van der Waals surface area contributed by atoms with Crippen molar-refractivity contribution in [1.29, 1.82) is 0 Å². The maximum atomic E-state index is 6.08. The number of likely N-dealkylation sites (tertiary alicyclic amines) is 1. The minimum atomic E-state index is 0.472. The van der Waals surface area contributed by atoms with Crippen molar-refractivity contribution in [3.05, 3.63) is 0 Å². The van der Waals surface area contributed by atoms with Crippen LogP contribution in [0.4, 0.5) is 0 Å². The summed E-state index contributed by atoms with van der Waals surface area (Å²) >= 11 is 0. The number of hydrogen-bond acceptors (Lipinski definition) is 2. The first-order valence-electron chi connectivity index (χ1n) is 8.64. The van der Waals surface area contributed by atoms with E-state index in [-0.39, 0.29) is 0 Å². The summed E-state index contributed by atoms with van der Waals surface area (Å²) in [6.45, 7) is 5.05. The van der Waals surface area contributed by atoms with E-state index in [1.165, 1.54) is 25.9 Å². The Morgan fingerprint density at radius 2 is 1.42 bits per heavy atom. The smallest absolute Gasteiger partial charge is 0.0124 e. The fraction of sp³-hybridized carbons (Fsp3) is 1.00. The molecule has 19 heavy (non-hydrogen) atoms. The van der Waals surface area contributed by atoms with Gasteiger partial charge in [-0.1, -0.05) is 0 Å². The van der Waals surface area contributed by atoms with E-state index < -0.39 is 0 Å². The number of hydrogen-bond donors (Lipinski definition) is 1. The maximum Gasteiger partial charge on any atom is 0.0124 e. The van der Waals surface area contributed by atoms with Crippen LogP contribution in [0.5, 0.6) is 0 Å². The molecule has 2 N–H and O–H groups in total. The molecule has 4 bridgehead atoms. The molecule has 0 aromatic heterocycles. The Morgan fingerprint density at radius 1 is 0.947 bits per heavy atom. The summed E-state index contributed by atoms with van der Waals surface area (Å²) in [5, 5.41) is 0. The molecule has 0 spiro atoms. The highest BCUT2D eigenvalue weighted by Crippen LogP contribution is 2.62. The predicted octanol–water partition coefficient (Wildman–Crippen LogP) is 3.01. The van der Waals surface area contributed by atoms with Gasteiger partial charge in [-0.15, -0.1) is 0 Å². The Kier molecular flexibility index (Phi) is 2.97. The predicted molar refractivity (Wildman–Crippen MR) is 78.8 cm³/mol. The van der Waals surface area contributed by atoms with Gasteiger partial charge in [0.05, 0.1) is 0 Å².